The third-order valence-electron chi connectivity index (χ3n) is 4.72. The summed E-state index contributed by atoms with van der Waals surface area (Å²) < 4.78 is 13.1. The molecule has 1 aliphatic heterocycles. The van der Waals surface area contributed by atoms with Gasteiger partial charge in [0.15, 0.2) is 16.9 Å². The molecule has 0 spiro atoms. The lowest BCUT2D eigenvalue weighted by Crippen LogP contribution is -2.31. The monoisotopic (exact) mass is 470 g/mol. The lowest BCUT2D eigenvalue weighted by molar-refractivity contribution is -0.153. The zero-order valence-corrected chi connectivity index (χ0v) is 17.7. The van der Waals surface area contributed by atoms with Crippen molar-refractivity contribution in [1.82, 2.24) is 39.7 Å². The van der Waals surface area contributed by atoms with E-state index >= 15 is 0 Å². The van der Waals surface area contributed by atoms with E-state index in [2.05, 4.69) is 30.4 Å². The van der Waals surface area contributed by atoms with Gasteiger partial charge in [-0.25, -0.2) is 9.97 Å². The molecule has 0 unspecified atom stereocenters. The van der Waals surface area contributed by atoms with Crippen molar-refractivity contribution in [1.29, 1.82) is 0 Å². The molecule has 13 nitrogen and oxygen atoms in total. The van der Waals surface area contributed by atoms with Crippen LogP contribution in [0.3, 0.4) is 0 Å². The average Bonchev–Trinajstić information content (AvgIpc) is 3.39. The highest BCUT2D eigenvalue weighted by atomic mass is 35.5. The molecule has 4 heterocycles. The predicted molar refractivity (Wildman–Crippen MR) is 103 cm³/mol. The van der Waals surface area contributed by atoms with Crippen molar-refractivity contribution in [3.05, 3.63) is 22.6 Å². The van der Waals surface area contributed by atoms with Gasteiger partial charge in [0.2, 0.25) is 11.1 Å². The minimum Gasteiger partial charge on any atom is -0.481 e. The molecule has 4 rings (SSSR count). The van der Waals surface area contributed by atoms with Crippen molar-refractivity contribution in [2.24, 2.45) is 5.92 Å². The molecule has 1 saturated heterocycles. The van der Waals surface area contributed by atoms with Crippen LogP contribution in [-0.4, -0.2) is 62.9 Å². The first kappa shape index (κ1) is 21.3. The highest BCUT2D eigenvalue weighted by Crippen LogP contribution is 2.46. The van der Waals surface area contributed by atoms with Gasteiger partial charge < -0.3 is 14.6 Å². The van der Waals surface area contributed by atoms with E-state index in [0.717, 1.165) is 0 Å². The highest BCUT2D eigenvalue weighted by Gasteiger charge is 2.51. The fraction of sp³-hybridized carbons (Fsp3) is 0.500. The Balaban J connectivity index is 1.82. The minimum atomic E-state index is -1.11. The van der Waals surface area contributed by atoms with Gasteiger partial charge in [-0.15, -0.1) is 10.2 Å². The number of nitrogens with zero attached hydrogens (tertiary/aromatic N) is 8. The molecule has 1 fully saturated rings. The smallest absolute Gasteiger partial charge is 0.303 e. The fourth-order valence-corrected chi connectivity index (χ4v) is 3.92. The predicted octanol–water partition coefficient (Wildman–Crippen LogP) is 1.43. The molecule has 0 saturated carbocycles. The summed E-state index contributed by atoms with van der Waals surface area (Å²) in [5.74, 6) is -2.40. The molecule has 1 N–H and O–H groups in total. The summed E-state index contributed by atoms with van der Waals surface area (Å²) in [5.41, 5.74) is 0.490. The van der Waals surface area contributed by atoms with E-state index in [9.17, 15) is 14.7 Å². The molecule has 164 valence electrons. The summed E-state index contributed by atoms with van der Waals surface area (Å²) in [6, 6.07) is 0. The molecule has 15 heteroatoms. The second kappa shape index (κ2) is 8.32. The van der Waals surface area contributed by atoms with E-state index in [0.29, 0.717) is 6.54 Å². The van der Waals surface area contributed by atoms with Crippen LogP contribution in [0.5, 0.6) is 0 Å². The SMILES string of the molecule is CCn1nnc([C@H]2O[C@@H](n3cnc4c(Cl)nc(Cl)nc43)[C@H](CC(=O)O)[C@H]2OC(C)=O)n1. The van der Waals surface area contributed by atoms with Gasteiger partial charge in [-0.3, -0.25) is 14.2 Å². The van der Waals surface area contributed by atoms with Gasteiger partial charge in [-0.1, -0.05) is 11.6 Å². The molecule has 31 heavy (non-hydrogen) atoms. The molecule has 3 aromatic rings. The molecule has 0 amide bonds. The summed E-state index contributed by atoms with van der Waals surface area (Å²) >= 11 is 12.0. The number of carboxylic acids is 1. The number of aromatic nitrogens is 8. The summed E-state index contributed by atoms with van der Waals surface area (Å²) in [5, 5.41) is 21.5. The Morgan fingerprint density at radius 2 is 2.10 bits per heavy atom. The first-order chi connectivity index (χ1) is 14.8. The maximum absolute atomic E-state index is 11.8. The Kier molecular flexibility index (Phi) is 5.73. The number of aliphatic carboxylic acids is 1. The molecule has 3 aromatic heterocycles. The Labute approximate surface area is 184 Å². The standard InChI is InChI=1S/C16H16Cl2N8O5/c1-3-26-23-13(22-24-26)11-10(30-6(2)27)7(4-8(28)29)15(31-11)25-5-19-9-12(17)20-16(18)21-14(9)25/h5,7,10-11,15H,3-4H2,1-2H3,(H,28,29)/t7-,10-,11+,15-/m1/s1. The molecule has 1 aliphatic rings. The molecular formula is C16H16Cl2N8O5. The second-order valence-corrected chi connectivity index (χ2v) is 7.42. The third-order valence-corrected chi connectivity index (χ3v) is 5.15. The van der Waals surface area contributed by atoms with Crippen molar-refractivity contribution in [2.45, 2.75) is 45.2 Å². The van der Waals surface area contributed by atoms with Crippen molar-refractivity contribution < 1.29 is 24.2 Å². The number of rotatable bonds is 6. The van der Waals surface area contributed by atoms with Gasteiger partial charge in [0.05, 0.1) is 25.2 Å². The summed E-state index contributed by atoms with van der Waals surface area (Å²) in [4.78, 5) is 36.9. The number of imidazole rings is 1. The van der Waals surface area contributed by atoms with Crippen LogP contribution in [0.4, 0.5) is 0 Å². The van der Waals surface area contributed by atoms with Crippen molar-refractivity contribution >= 4 is 46.3 Å². The van der Waals surface area contributed by atoms with Crippen LogP contribution in [0.15, 0.2) is 6.33 Å². The zero-order valence-electron chi connectivity index (χ0n) is 16.2. The minimum absolute atomic E-state index is 0.0298. The number of hydrogen-bond donors (Lipinski definition) is 1. The van der Waals surface area contributed by atoms with Crippen LogP contribution in [0.2, 0.25) is 10.4 Å². The zero-order chi connectivity index (χ0) is 22.3. The van der Waals surface area contributed by atoms with Crippen LogP contribution < -0.4 is 0 Å². The maximum Gasteiger partial charge on any atom is 0.303 e. The van der Waals surface area contributed by atoms with E-state index in [-0.39, 0.29) is 33.8 Å². The number of halogens is 2. The normalized spacial score (nSPS) is 23.4. The van der Waals surface area contributed by atoms with Gasteiger partial charge >= 0.3 is 11.9 Å². The summed E-state index contributed by atoms with van der Waals surface area (Å²) in [7, 11) is 0. The quantitative estimate of drug-likeness (QED) is 0.315. The van der Waals surface area contributed by atoms with Gasteiger partial charge in [0.1, 0.15) is 17.8 Å². The van der Waals surface area contributed by atoms with E-state index in [1.54, 1.807) is 0 Å². The van der Waals surface area contributed by atoms with Gasteiger partial charge in [-0.2, -0.15) is 9.78 Å². The second-order valence-electron chi connectivity index (χ2n) is 6.73. The largest absolute Gasteiger partial charge is 0.481 e. The number of aryl methyl sites for hydroxylation is 1. The Morgan fingerprint density at radius 1 is 1.32 bits per heavy atom. The van der Waals surface area contributed by atoms with Crippen LogP contribution in [0.25, 0.3) is 11.2 Å². The topological polar surface area (TPSA) is 160 Å². The lowest BCUT2D eigenvalue weighted by atomic mass is 9.95. The number of hydrogen-bond acceptors (Lipinski definition) is 10. The van der Waals surface area contributed by atoms with E-state index < -0.39 is 36.3 Å². The molecule has 0 aromatic carbocycles. The van der Waals surface area contributed by atoms with Gasteiger partial charge in [0, 0.05) is 6.92 Å². The van der Waals surface area contributed by atoms with Crippen LogP contribution in [0.1, 0.15) is 38.4 Å². The van der Waals surface area contributed by atoms with Crippen molar-refractivity contribution in [3.8, 4) is 0 Å². The first-order valence-electron chi connectivity index (χ1n) is 9.16. The number of carboxylic acid groups (broad SMARTS) is 1. The first-order valence-corrected chi connectivity index (χ1v) is 9.91. The van der Waals surface area contributed by atoms with Crippen LogP contribution >= 0.6 is 23.2 Å². The number of fused-ring (bicyclic) bond motifs is 1. The Morgan fingerprint density at radius 3 is 2.74 bits per heavy atom. The molecular weight excluding hydrogens is 455 g/mol. The average molecular weight is 471 g/mol. The van der Waals surface area contributed by atoms with Gasteiger partial charge in [-0.05, 0) is 23.7 Å². The van der Waals surface area contributed by atoms with Crippen molar-refractivity contribution in [2.75, 3.05) is 0 Å². The van der Waals surface area contributed by atoms with Gasteiger partial charge in [0.25, 0.3) is 0 Å². The number of tetrazole rings is 1. The van der Waals surface area contributed by atoms with Crippen LogP contribution in [0, 0.1) is 5.92 Å². The van der Waals surface area contributed by atoms with Crippen LogP contribution in [-0.2, 0) is 25.6 Å². The number of carbonyl (C=O) groups is 2. The number of esters is 1. The Bertz CT molecular complexity index is 1150. The fourth-order valence-electron chi connectivity index (χ4n) is 3.50. The maximum atomic E-state index is 11.8. The Hall–Kier alpha value is -2.90. The number of ether oxygens (including phenoxy) is 2. The van der Waals surface area contributed by atoms with E-state index in [4.69, 9.17) is 32.7 Å². The molecule has 0 radical (unpaired) electrons. The molecule has 4 atom stereocenters. The van der Waals surface area contributed by atoms with E-state index in [1.807, 2.05) is 6.92 Å². The molecule has 0 bridgehead atoms. The van der Waals surface area contributed by atoms with E-state index in [1.165, 1.54) is 22.6 Å². The summed E-state index contributed by atoms with van der Waals surface area (Å²) in [6.45, 7) is 3.50. The summed E-state index contributed by atoms with van der Waals surface area (Å²) in [6.07, 6.45) is -1.93. The van der Waals surface area contributed by atoms with Crippen molar-refractivity contribution in [3.63, 3.8) is 0 Å². The highest BCUT2D eigenvalue weighted by molar-refractivity contribution is 6.35. The molecule has 0 aliphatic carbocycles. The third kappa shape index (κ3) is 4.03. The lowest BCUT2D eigenvalue weighted by Gasteiger charge is -2.22. The number of carbonyl (C=O) groups excluding carboxylic acids is 1.